The highest BCUT2D eigenvalue weighted by Gasteiger charge is 2.57. The number of aromatic nitrogens is 2. The van der Waals surface area contributed by atoms with Gasteiger partial charge in [0.25, 0.3) is 0 Å². The van der Waals surface area contributed by atoms with E-state index in [2.05, 4.69) is 49.1 Å². The first-order valence-corrected chi connectivity index (χ1v) is 15.0. The van der Waals surface area contributed by atoms with Crippen molar-refractivity contribution in [1.29, 1.82) is 0 Å². The summed E-state index contributed by atoms with van der Waals surface area (Å²) in [6.45, 7) is 10.9. The Balaban J connectivity index is 1.62. The number of halogens is 2. The van der Waals surface area contributed by atoms with E-state index >= 15 is 0 Å². The number of imidazole rings is 1. The van der Waals surface area contributed by atoms with Crippen molar-refractivity contribution in [2.24, 2.45) is 0 Å². The van der Waals surface area contributed by atoms with Gasteiger partial charge in [-0.2, -0.15) is 0 Å². The van der Waals surface area contributed by atoms with E-state index in [4.69, 9.17) is 9.16 Å². The molecule has 0 bridgehead atoms. The van der Waals surface area contributed by atoms with E-state index in [0.29, 0.717) is 11.5 Å². The molecule has 1 heterocycles. The maximum atomic E-state index is 14.4. The third kappa shape index (κ3) is 5.68. The summed E-state index contributed by atoms with van der Waals surface area (Å²) in [7, 11) is -2.21. The number of benzene rings is 2. The minimum atomic E-state index is -2.21. The van der Waals surface area contributed by atoms with Crippen molar-refractivity contribution in [2.75, 3.05) is 0 Å². The first-order valence-electron chi connectivity index (χ1n) is 12.1. The number of hydrogen-bond donors (Lipinski definition) is 2. The van der Waals surface area contributed by atoms with Crippen LogP contribution in [0.3, 0.4) is 0 Å². The van der Waals surface area contributed by atoms with Gasteiger partial charge in [0.2, 0.25) is 0 Å². The summed E-state index contributed by atoms with van der Waals surface area (Å²) in [6.07, 6.45) is 2.30. The zero-order valence-electron chi connectivity index (χ0n) is 21.3. The number of ether oxygens (including phenoxy) is 1. The number of alkyl carbamates (subject to hydrolysis) is 1. The van der Waals surface area contributed by atoms with Crippen molar-refractivity contribution < 1.29 is 22.7 Å². The van der Waals surface area contributed by atoms with E-state index in [9.17, 15) is 13.6 Å². The molecule has 2 aromatic carbocycles. The molecule has 1 fully saturated rings. The lowest BCUT2D eigenvalue weighted by molar-refractivity contribution is 0.0898. The maximum Gasteiger partial charge on any atom is 0.408 e. The van der Waals surface area contributed by atoms with Gasteiger partial charge in [0.05, 0.1) is 17.5 Å². The van der Waals surface area contributed by atoms with Crippen molar-refractivity contribution in [3.8, 4) is 11.3 Å². The van der Waals surface area contributed by atoms with Crippen LogP contribution in [0.5, 0.6) is 0 Å². The summed E-state index contributed by atoms with van der Waals surface area (Å²) >= 11 is 0. The van der Waals surface area contributed by atoms with Crippen LogP contribution < -0.4 is 5.32 Å². The number of H-pyrrole nitrogens is 1. The molecule has 4 rings (SSSR count). The fraction of sp³-hybridized carbons (Fsp3) is 0.407. The largest absolute Gasteiger partial charge is 0.445 e. The molecule has 2 N–H and O–H groups in total. The normalized spacial score (nSPS) is 15.9. The Labute approximate surface area is 211 Å². The van der Waals surface area contributed by atoms with Gasteiger partial charge in [0.1, 0.15) is 30.1 Å². The Morgan fingerprint density at radius 2 is 1.86 bits per heavy atom. The first kappa shape index (κ1) is 26.0. The van der Waals surface area contributed by atoms with Crippen molar-refractivity contribution in [1.82, 2.24) is 15.3 Å². The number of carbonyl (C=O) groups is 1. The third-order valence-electron chi connectivity index (χ3n) is 7.10. The van der Waals surface area contributed by atoms with Gasteiger partial charge in [-0.25, -0.2) is 18.6 Å². The van der Waals surface area contributed by atoms with Crippen molar-refractivity contribution in [3.05, 3.63) is 77.8 Å². The summed E-state index contributed by atoms with van der Waals surface area (Å²) < 4.78 is 40.5. The average molecular weight is 514 g/mol. The van der Waals surface area contributed by atoms with Crippen LogP contribution in [0.4, 0.5) is 13.6 Å². The van der Waals surface area contributed by atoms with E-state index in [-0.39, 0.29) is 17.2 Å². The zero-order chi connectivity index (χ0) is 26.1. The monoisotopic (exact) mass is 513 g/mol. The fourth-order valence-electron chi connectivity index (χ4n) is 3.89. The smallest absolute Gasteiger partial charge is 0.408 e. The molecule has 6 nitrogen and oxygen atoms in total. The Morgan fingerprint density at radius 1 is 1.17 bits per heavy atom. The van der Waals surface area contributed by atoms with Crippen molar-refractivity contribution in [2.45, 2.75) is 70.0 Å². The van der Waals surface area contributed by atoms with Gasteiger partial charge in [-0.1, -0.05) is 51.1 Å². The molecule has 36 heavy (non-hydrogen) atoms. The van der Waals surface area contributed by atoms with Crippen molar-refractivity contribution in [3.63, 3.8) is 0 Å². The number of carbonyl (C=O) groups excluding carboxylic acids is 1. The fourth-order valence-corrected chi connectivity index (χ4v) is 5.53. The number of rotatable bonds is 8. The van der Waals surface area contributed by atoms with E-state index in [0.717, 1.165) is 36.6 Å². The molecule has 0 spiro atoms. The van der Waals surface area contributed by atoms with Crippen LogP contribution in [0, 0.1) is 11.6 Å². The zero-order valence-corrected chi connectivity index (χ0v) is 22.3. The molecule has 3 aromatic rings. The lowest BCUT2D eigenvalue weighted by Crippen LogP contribution is -2.50. The highest BCUT2D eigenvalue weighted by molar-refractivity contribution is 6.74. The minimum absolute atomic E-state index is 0.0417. The summed E-state index contributed by atoms with van der Waals surface area (Å²) in [4.78, 5) is 20.4. The quantitative estimate of drug-likeness (QED) is 0.322. The second-order valence-corrected chi connectivity index (χ2v) is 15.6. The number of aromatic amines is 1. The first-order chi connectivity index (χ1) is 16.9. The Kier molecular flexibility index (Phi) is 7.07. The second kappa shape index (κ2) is 9.78. The Bertz CT molecular complexity index is 1220. The molecule has 0 unspecified atom stereocenters. The molecule has 1 saturated carbocycles. The summed E-state index contributed by atoms with van der Waals surface area (Å²) in [6, 6.07) is 12.0. The summed E-state index contributed by atoms with van der Waals surface area (Å²) in [5, 5.41) is 2.90. The topological polar surface area (TPSA) is 76.2 Å². The van der Waals surface area contributed by atoms with Gasteiger partial charge in [-0.05, 0) is 54.7 Å². The molecule has 0 aliphatic heterocycles. The van der Waals surface area contributed by atoms with Crippen molar-refractivity contribution >= 4 is 14.4 Å². The average Bonchev–Trinajstić information content (AvgIpc) is 3.41. The van der Waals surface area contributed by atoms with Crippen LogP contribution in [0.25, 0.3) is 11.3 Å². The predicted octanol–water partition coefficient (Wildman–Crippen LogP) is 6.88. The van der Waals surface area contributed by atoms with E-state index < -0.39 is 37.7 Å². The molecule has 0 saturated heterocycles. The highest BCUT2D eigenvalue weighted by Crippen LogP contribution is 2.53. The maximum absolute atomic E-state index is 14.4. The number of nitrogens with one attached hydrogen (secondary N) is 2. The van der Waals surface area contributed by atoms with Gasteiger partial charge in [0.15, 0.2) is 8.32 Å². The highest BCUT2D eigenvalue weighted by atomic mass is 28.4. The van der Waals surface area contributed by atoms with E-state index in [1.807, 2.05) is 30.3 Å². The van der Waals surface area contributed by atoms with Gasteiger partial charge in [-0.15, -0.1) is 0 Å². The van der Waals surface area contributed by atoms with Gasteiger partial charge in [-0.3, -0.25) is 0 Å². The second-order valence-electron chi connectivity index (χ2n) is 10.9. The molecule has 1 atom stereocenters. The molecule has 0 radical (unpaired) electrons. The van der Waals surface area contributed by atoms with Crippen LogP contribution >= 0.6 is 0 Å². The molecule has 1 amide bonds. The van der Waals surface area contributed by atoms with Crippen LogP contribution in [0.15, 0.2) is 54.7 Å². The summed E-state index contributed by atoms with van der Waals surface area (Å²) in [5.74, 6) is -0.722. The van der Waals surface area contributed by atoms with Crippen LogP contribution in [-0.2, 0) is 15.8 Å². The molecular formula is C27H33F2N3O3Si. The van der Waals surface area contributed by atoms with Crippen LogP contribution in [0.2, 0.25) is 18.1 Å². The van der Waals surface area contributed by atoms with Gasteiger partial charge in [0, 0.05) is 5.56 Å². The van der Waals surface area contributed by atoms with Crippen LogP contribution in [-0.4, -0.2) is 30.0 Å². The van der Waals surface area contributed by atoms with Gasteiger partial charge < -0.3 is 19.5 Å². The molecule has 1 aliphatic carbocycles. The molecule has 192 valence electrons. The lowest BCUT2D eigenvalue weighted by atomic mass is 10.1. The number of nitrogens with zero attached hydrogens (tertiary/aromatic N) is 1. The molecular weight excluding hydrogens is 480 g/mol. The third-order valence-corrected chi connectivity index (χ3v) is 11.6. The molecule has 1 aromatic heterocycles. The lowest BCUT2D eigenvalue weighted by Gasteiger charge is -2.41. The SMILES string of the molecule is CC(C)(C)[Si](C)(C)OC1([C@@H](NC(=O)OCc2ccccc2)c2ncc(-c3cc(F)ccc3F)[nH]2)CC1. The number of hydrogen-bond acceptors (Lipinski definition) is 4. The minimum Gasteiger partial charge on any atom is -0.445 e. The van der Waals surface area contributed by atoms with E-state index in [1.165, 1.54) is 6.20 Å². The molecule has 9 heteroatoms. The standard InChI is InChI=1S/C27H33F2N3O3Si/c1-26(2,3)36(4,5)35-27(13-14-27)23(32-25(33)34-17-18-9-7-6-8-10-18)24-30-16-22(31-24)20-15-19(28)11-12-21(20)29/h6-12,15-16,23H,13-14,17H2,1-5H3,(H,30,31)(H,32,33)/t23-/m0/s1. The molecule has 1 aliphatic rings. The van der Waals surface area contributed by atoms with Crippen LogP contribution in [0.1, 0.15) is 51.0 Å². The Morgan fingerprint density at radius 3 is 2.50 bits per heavy atom. The predicted molar refractivity (Wildman–Crippen MR) is 137 cm³/mol. The summed E-state index contributed by atoms with van der Waals surface area (Å²) in [5.41, 5.74) is 0.582. The van der Waals surface area contributed by atoms with Gasteiger partial charge >= 0.3 is 6.09 Å². The van der Waals surface area contributed by atoms with E-state index in [1.54, 1.807) is 0 Å². The Hall–Kier alpha value is -3.04. The number of amides is 1.